The van der Waals surface area contributed by atoms with Crippen LogP contribution in [0.15, 0.2) is 6.33 Å². The summed E-state index contributed by atoms with van der Waals surface area (Å²) in [5, 5.41) is 11.7. The van der Waals surface area contributed by atoms with Crippen LogP contribution in [-0.4, -0.2) is 59.1 Å². The first-order valence-electron chi connectivity index (χ1n) is 9.29. The molecule has 0 unspecified atom stereocenters. The zero-order chi connectivity index (χ0) is 17.2. The lowest BCUT2D eigenvalue weighted by molar-refractivity contribution is -0.0345. The van der Waals surface area contributed by atoms with Crippen LogP contribution < -0.4 is 5.32 Å². The minimum Gasteiger partial charge on any atom is -0.374 e. The van der Waals surface area contributed by atoms with Gasteiger partial charge in [0.1, 0.15) is 12.2 Å². The van der Waals surface area contributed by atoms with Crippen molar-refractivity contribution in [1.82, 2.24) is 25.0 Å². The molecule has 0 bridgehead atoms. The molecule has 0 radical (unpaired) electrons. The summed E-state index contributed by atoms with van der Waals surface area (Å²) in [7, 11) is 4.13. The molecule has 1 saturated carbocycles. The van der Waals surface area contributed by atoms with E-state index in [0.29, 0.717) is 11.5 Å². The lowest BCUT2D eigenvalue weighted by Crippen LogP contribution is -2.35. The summed E-state index contributed by atoms with van der Waals surface area (Å²) in [5.74, 6) is 1.09. The van der Waals surface area contributed by atoms with Crippen LogP contribution in [0, 0.1) is 5.41 Å². The summed E-state index contributed by atoms with van der Waals surface area (Å²) in [4.78, 5) is 2.30. The van der Waals surface area contributed by atoms with Crippen molar-refractivity contribution in [3.63, 3.8) is 0 Å². The Labute approximate surface area is 146 Å². The maximum Gasteiger partial charge on any atom is 0.147 e. The van der Waals surface area contributed by atoms with Crippen molar-refractivity contribution >= 4 is 0 Å². The van der Waals surface area contributed by atoms with Crippen molar-refractivity contribution in [2.45, 2.75) is 64.1 Å². The van der Waals surface area contributed by atoms with Gasteiger partial charge in [-0.3, -0.25) is 4.90 Å². The van der Waals surface area contributed by atoms with Crippen LogP contribution in [0.2, 0.25) is 0 Å². The monoisotopic (exact) mass is 335 g/mol. The highest BCUT2D eigenvalue weighted by atomic mass is 16.5. The van der Waals surface area contributed by atoms with E-state index in [1.165, 1.54) is 19.3 Å². The third-order valence-corrected chi connectivity index (χ3v) is 5.63. The Morgan fingerprint density at radius 2 is 2.12 bits per heavy atom. The molecule has 1 aromatic heterocycles. The largest absolute Gasteiger partial charge is 0.374 e. The van der Waals surface area contributed by atoms with Gasteiger partial charge in [0.05, 0.1) is 18.8 Å². The molecule has 1 spiro atoms. The van der Waals surface area contributed by atoms with Crippen LogP contribution >= 0.6 is 0 Å². The summed E-state index contributed by atoms with van der Waals surface area (Å²) in [5.41, 5.74) is 0.475. The van der Waals surface area contributed by atoms with E-state index in [0.717, 1.165) is 44.9 Å². The zero-order valence-corrected chi connectivity index (χ0v) is 15.7. The highest BCUT2D eigenvalue weighted by molar-refractivity contribution is 4.99. The molecule has 24 heavy (non-hydrogen) atoms. The lowest BCUT2D eigenvalue weighted by atomic mass is 9.75. The topological polar surface area (TPSA) is 55.2 Å². The minimum absolute atomic E-state index is 0.137. The van der Waals surface area contributed by atoms with Crippen molar-refractivity contribution < 1.29 is 4.74 Å². The molecule has 0 atom stereocenters. The maximum absolute atomic E-state index is 6.25. The first-order chi connectivity index (χ1) is 11.4. The molecular weight excluding hydrogens is 302 g/mol. The first kappa shape index (κ1) is 17.8. The molecular formula is C18H33N5O. The number of nitrogens with zero attached hydrogens (tertiary/aromatic N) is 4. The quantitative estimate of drug-likeness (QED) is 0.864. The number of likely N-dealkylation sites (N-methyl/N-ethyl adjacent to an activating group) is 2. The Kier molecular flexibility index (Phi) is 5.27. The summed E-state index contributed by atoms with van der Waals surface area (Å²) in [6, 6.07) is 0.519. The van der Waals surface area contributed by atoms with E-state index in [2.05, 4.69) is 45.9 Å². The van der Waals surface area contributed by atoms with E-state index in [-0.39, 0.29) is 5.60 Å². The van der Waals surface area contributed by atoms with Gasteiger partial charge in [-0.05, 0) is 51.6 Å². The third kappa shape index (κ3) is 3.98. The number of rotatable bonds is 6. The van der Waals surface area contributed by atoms with Crippen molar-refractivity contribution in [3.8, 4) is 0 Å². The van der Waals surface area contributed by atoms with Crippen LogP contribution in [0.3, 0.4) is 0 Å². The SMILES string of the molecule is CNCCN(C)Cc1nncn1[C@H]1CC[C@@]2(CC1)CC(C)(C)CO2. The van der Waals surface area contributed by atoms with Gasteiger partial charge in [-0.15, -0.1) is 10.2 Å². The molecule has 3 rings (SSSR count). The van der Waals surface area contributed by atoms with Crippen molar-refractivity contribution in [2.24, 2.45) is 5.41 Å². The van der Waals surface area contributed by atoms with E-state index in [4.69, 9.17) is 4.74 Å². The van der Waals surface area contributed by atoms with E-state index in [1.54, 1.807) is 0 Å². The predicted molar refractivity (Wildman–Crippen MR) is 94.9 cm³/mol. The highest BCUT2D eigenvalue weighted by Crippen LogP contribution is 2.48. The summed E-state index contributed by atoms with van der Waals surface area (Å²) in [6.45, 7) is 8.42. The fraction of sp³-hybridized carbons (Fsp3) is 0.889. The molecule has 2 heterocycles. The van der Waals surface area contributed by atoms with Crippen molar-refractivity contribution in [2.75, 3.05) is 33.8 Å². The number of nitrogens with one attached hydrogen (secondary N) is 1. The Morgan fingerprint density at radius 3 is 2.75 bits per heavy atom. The van der Waals surface area contributed by atoms with Gasteiger partial charge in [0.15, 0.2) is 0 Å². The molecule has 1 aromatic rings. The fourth-order valence-electron chi connectivity index (χ4n) is 4.36. The standard InChI is InChI=1S/C18H33N5O/c1-17(2)12-18(24-13-17)7-5-15(6-8-18)23-14-20-21-16(23)11-22(4)10-9-19-3/h14-15,19H,5-13H2,1-4H3/t15-,18+. The van der Waals surface area contributed by atoms with Crippen molar-refractivity contribution in [1.29, 1.82) is 0 Å². The van der Waals surface area contributed by atoms with Crippen LogP contribution in [0.1, 0.15) is 57.8 Å². The molecule has 1 aliphatic heterocycles. The Balaban J connectivity index is 1.58. The van der Waals surface area contributed by atoms with E-state index in [9.17, 15) is 0 Å². The first-order valence-corrected chi connectivity index (χ1v) is 9.29. The molecule has 2 fully saturated rings. The molecule has 1 aliphatic carbocycles. The van der Waals surface area contributed by atoms with Crippen LogP contribution in [0.25, 0.3) is 0 Å². The van der Waals surface area contributed by atoms with Crippen LogP contribution in [0.4, 0.5) is 0 Å². The Morgan fingerprint density at radius 1 is 1.38 bits per heavy atom. The smallest absolute Gasteiger partial charge is 0.147 e. The van der Waals surface area contributed by atoms with Gasteiger partial charge in [-0.1, -0.05) is 13.8 Å². The molecule has 6 heteroatoms. The normalized spacial score (nSPS) is 29.6. The van der Waals surface area contributed by atoms with E-state index in [1.807, 2.05) is 13.4 Å². The van der Waals surface area contributed by atoms with E-state index < -0.39 is 0 Å². The second kappa shape index (κ2) is 7.10. The fourth-order valence-corrected chi connectivity index (χ4v) is 4.36. The Hall–Kier alpha value is -0.980. The third-order valence-electron chi connectivity index (χ3n) is 5.63. The molecule has 136 valence electrons. The number of hydrogen-bond donors (Lipinski definition) is 1. The highest BCUT2D eigenvalue weighted by Gasteiger charge is 2.46. The van der Waals surface area contributed by atoms with Gasteiger partial charge < -0.3 is 14.6 Å². The molecule has 1 N–H and O–H groups in total. The molecule has 0 aromatic carbocycles. The minimum atomic E-state index is 0.137. The van der Waals surface area contributed by atoms with Crippen LogP contribution in [-0.2, 0) is 11.3 Å². The summed E-state index contributed by atoms with van der Waals surface area (Å²) < 4.78 is 8.55. The van der Waals surface area contributed by atoms with Gasteiger partial charge in [-0.25, -0.2) is 0 Å². The predicted octanol–water partition coefficient (Wildman–Crippen LogP) is 2.23. The van der Waals surface area contributed by atoms with Gasteiger partial charge in [0.25, 0.3) is 0 Å². The molecule has 0 amide bonds. The van der Waals surface area contributed by atoms with Gasteiger partial charge in [-0.2, -0.15) is 0 Å². The summed E-state index contributed by atoms with van der Waals surface area (Å²) in [6.07, 6.45) is 7.78. The van der Waals surface area contributed by atoms with Gasteiger partial charge >= 0.3 is 0 Å². The van der Waals surface area contributed by atoms with Crippen LogP contribution in [0.5, 0.6) is 0 Å². The molecule has 1 saturated heterocycles. The second-order valence-corrected chi connectivity index (χ2v) is 8.54. The average molecular weight is 335 g/mol. The van der Waals surface area contributed by atoms with E-state index >= 15 is 0 Å². The lowest BCUT2D eigenvalue weighted by Gasteiger charge is -2.37. The number of ether oxygens (including phenoxy) is 1. The van der Waals surface area contributed by atoms with Crippen molar-refractivity contribution in [3.05, 3.63) is 12.2 Å². The number of hydrogen-bond acceptors (Lipinski definition) is 5. The average Bonchev–Trinajstić information content (AvgIpc) is 3.11. The number of aromatic nitrogens is 3. The second-order valence-electron chi connectivity index (χ2n) is 8.54. The summed E-state index contributed by atoms with van der Waals surface area (Å²) >= 11 is 0. The van der Waals surface area contributed by atoms with Gasteiger partial charge in [0, 0.05) is 19.1 Å². The Bertz CT molecular complexity index is 533. The molecule has 2 aliphatic rings. The zero-order valence-electron chi connectivity index (χ0n) is 15.7. The molecule has 6 nitrogen and oxygen atoms in total. The maximum atomic E-state index is 6.25. The van der Waals surface area contributed by atoms with Gasteiger partial charge in [0.2, 0.25) is 0 Å².